The minimum Gasteiger partial charge on any atom is -0.339 e. The van der Waals surface area contributed by atoms with Gasteiger partial charge in [-0.2, -0.15) is 9.29 Å². The van der Waals surface area contributed by atoms with Gasteiger partial charge in [-0.1, -0.05) is 16.8 Å². The Balaban J connectivity index is 1.39. The van der Waals surface area contributed by atoms with E-state index >= 15 is 0 Å². The fraction of sp³-hybridized carbons (Fsp3) is 0.316. The standard InChI is InChI=1S/C19H18ClFN4O4S2/c1-11-22-18(24-29-11)13-8-17(30-10-13)31(27,28)25-6-4-12(5-7-25)19(26)23-16-3-2-14(21)9-15(16)20/h2-3,8-10,12H,4-7H2,1H3,(H,23,26). The second-order valence-corrected chi connectivity index (χ2v) is 10.6. The molecule has 1 amide bonds. The highest BCUT2D eigenvalue weighted by Gasteiger charge is 2.33. The predicted octanol–water partition coefficient (Wildman–Crippen LogP) is 3.94. The molecular formula is C19H18ClFN4O4S2. The summed E-state index contributed by atoms with van der Waals surface area (Å²) < 4.78 is 45.7. The van der Waals surface area contributed by atoms with Gasteiger partial charge in [-0.3, -0.25) is 4.79 Å². The number of carbonyl (C=O) groups is 1. The van der Waals surface area contributed by atoms with Crippen molar-refractivity contribution in [1.29, 1.82) is 0 Å². The van der Waals surface area contributed by atoms with E-state index in [4.69, 9.17) is 16.1 Å². The van der Waals surface area contributed by atoms with Gasteiger partial charge in [-0.05, 0) is 37.1 Å². The maximum Gasteiger partial charge on any atom is 0.252 e. The van der Waals surface area contributed by atoms with E-state index in [0.717, 1.165) is 17.4 Å². The number of aromatic nitrogens is 2. The summed E-state index contributed by atoms with van der Waals surface area (Å²) in [6.45, 7) is 2.09. The van der Waals surface area contributed by atoms with Gasteiger partial charge in [-0.15, -0.1) is 11.3 Å². The molecule has 1 fully saturated rings. The predicted molar refractivity (Wildman–Crippen MR) is 114 cm³/mol. The lowest BCUT2D eigenvalue weighted by molar-refractivity contribution is -0.120. The lowest BCUT2D eigenvalue weighted by atomic mass is 9.97. The zero-order valence-corrected chi connectivity index (χ0v) is 18.7. The largest absolute Gasteiger partial charge is 0.339 e. The monoisotopic (exact) mass is 484 g/mol. The number of amides is 1. The molecular weight excluding hydrogens is 467 g/mol. The zero-order chi connectivity index (χ0) is 22.2. The molecule has 1 saturated heterocycles. The van der Waals surface area contributed by atoms with E-state index < -0.39 is 15.8 Å². The molecule has 164 valence electrons. The van der Waals surface area contributed by atoms with Gasteiger partial charge in [0, 0.05) is 36.9 Å². The molecule has 8 nitrogen and oxygen atoms in total. The molecule has 0 saturated carbocycles. The van der Waals surface area contributed by atoms with Crippen molar-refractivity contribution in [3.8, 4) is 11.4 Å². The van der Waals surface area contributed by atoms with Crippen LogP contribution < -0.4 is 5.32 Å². The molecule has 2 aromatic heterocycles. The van der Waals surface area contributed by atoms with Crippen LogP contribution in [0.3, 0.4) is 0 Å². The van der Waals surface area contributed by atoms with Crippen LogP contribution in [0.1, 0.15) is 18.7 Å². The number of rotatable bonds is 5. The number of hydrogen-bond donors (Lipinski definition) is 1. The molecule has 12 heteroatoms. The number of carbonyl (C=O) groups excluding carboxylic acids is 1. The number of benzene rings is 1. The van der Waals surface area contributed by atoms with Crippen molar-refractivity contribution in [2.24, 2.45) is 5.92 Å². The van der Waals surface area contributed by atoms with Crippen LogP contribution in [0.4, 0.5) is 10.1 Å². The lowest BCUT2D eigenvalue weighted by Crippen LogP contribution is -2.41. The Hall–Kier alpha value is -2.34. The Labute approximate surface area is 187 Å². The third kappa shape index (κ3) is 4.64. The van der Waals surface area contributed by atoms with Crippen molar-refractivity contribution >= 4 is 44.6 Å². The number of thiophene rings is 1. The van der Waals surface area contributed by atoms with Crippen LogP contribution in [0, 0.1) is 18.7 Å². The van der Waals surface area contributed by atoms with Crippen LogP contribution in [-0.4, -0.2) is 41.9 Å². The molecule has 0 radical (unpaired) electrons. The second-order valence-electron chi connectivity index (χ2n) is 7.08. The fourth-order valence-corrected chi connectivity index (χ4v) is 6.29. The van der Waals surface area contributed by atoms with E-state index in [2.05, 4.69) is 15.5 Å². The zero-order valence-electron chi connectivity index (χ0n) is 16.3. The number of aryl methyl sites for hydroxylation is 1. The van der Waals surface area contributed by atoms with Crippen LogP contribution in [0.25, 0.3) is 11.4 Å². The minimum atomic E-state index is -3.69. The first-order chi connectivity index (χ1) is 14.7. The summed E-state index contributed by atoms with van der Waals surface area (Å²) in [7, 11) is -3.69. The Morgan fingerprint density at radius 1 is 1.32 bits per heavy atom. The first-order valence-corrected chi connectivity index (χ1v) is 12.1. The number of nitrogens with zero attached hydrogens (tertiary/aromatic N) is 3. The van der Waals surface area contributed by atoms with E-state index in [9.17, 15) is 17.6 Å². The van der Waals surface area contributed by atoms with E-state index in [0.29, 0.717) is 35.8 Å². The van der Waals surface area contributed by atoms with Crippen LogP contribution in [0.15, 0.2) is 38.4 Å². The minimum absolute atomic E-state index is 0.110. The highest BCUT2D eigenvalue weighted by molar-refractivity contribution is 7.91. The SMILES string of the molecule is Cc1nc(-c2csc(S(=O)(=O)N3CCC(C(=O)Nc4ccc(F)cc4Cl)CC3)c2)no1. The van der Waals surface area contributed by atoms with Gasteiger partial charge in [0.05, 0.1) is 10.7 Å². The smallest absolute Gasteiger partial charge is 0.252 e. The first kappa shape index (κ1) is 21.9. The third-order valence-corrected chi connectivity index (χ3v) is 8.60. The number of halogens is 2. The highest BCUT2D eigenvalue weighted by Crippen LogP contribution is 2.32. The van der Waals surface area contributed by atoms with Crippen LogP contribution in [-0.2, 0) is 14.8 Å². The Bertz CT molecular complexity index is 1220. The maximum absolute atomic E-state index is 13.2. The number of hydrogen-bond acceptors (Lipinski definition) is 7. The van der Waals surface area contributed by atoms with Gasteiger partial charge in [-0.25, -0.2) is 12.8 Å². The van der Waals surface area contributed by atoms with Crippen molar-refractivity contribution in [2.75, 3.05) is 18.4 Å². The van der Waals surface area contributed by atoms with Crippen LogP contribution >= 0.6 is 22.9 Å². The molecule has 0 aliphatic carbocycles. The van der Waals surface area contributed by atoms with Gasteiger partial charge in [0.2, 0.25) is 17.6 Å². The van der Waals surface area contributed by atoms with E-state index in [1.54, 1.807) is 12.3 Å². The summed E-state index contributed by atoms with van der Waals surface area (Å²) in [4.78, 5) is 16.7. The summed E-state index contributed by atoms with van der Waals surface area (Å²) in [5.74, 6) is -0.393. The number of piperidine rings is 1. The summed E-state index contributed by atoms with van der Waals surface area (Å²) in [5.41, 5.74) is 0.900. The van der Waals surface area contributed by atoms with Crippen molar-refractivity contribution in [3.63, 3.8) is 0 Å². The molecule has 0 spiro atoms. The Morgan fingerprint density at radius 2 is 2.06 bits per heavy atom. The normalized spacial score (nSPS) is 15.8. The fourth-order valence-electron chi connectivity index (χ4n) is 3.30. The molecule has 4 rings (SSSR count). The van der Waals surface area contributed by atoms with Crippen molar-refractivity contribution in [2.45, 2.75) is 24.0 Å². The summed E-state index contributed by atoms with van der Waals surface area (Å²) in [6.07, 6.45) is 0.734. The van der Waals surface area contributed by atoms with E-state index in [1.807, 2.05) is 0 Å². The molecule has 1 aliphatic rings. The van der Waals surface area contributed by atoms with E-state index in [1.165, 1.54) is 22.5 Å². The molecule has 1 aliphatic heterocycles. The van der Waals surface area contributed by atoms with Gasteiger partial charge in [0.25, 0.3) is 10.0 Å². The second kappa shape index (κ2) is 8.65. The molecule has 0 atom stereocenters. The van der Waals surface area contributed by atoms with Gasteiger partial charge in [0.1, 0.15) is 10.0 Å². The number of sulfonamides is 1. The molecule has 0 bridgehead atoms. The summed E-state index contributed by atoms with van der Waals surface area (Å²) >= 11 is 7.05. The molecule has 1 N–H and O–H groups in total. The van der Waals surface area contributed by atoms with Crippen LogP contribution in [0.5, 0.6) is 0 Å². The lowest BCUT2D eigenvalue weighted by Gasteiger charge is -2.30. The molecule has 0 unspecified atom stereocenters. The average Bonchev–Trinajstić information content (AvgIpc) is 3.39. The molecule has 3 aromatic rings. The summed E-state index contributed by atoms with van der Waals surface area (Å²) in [6, 6.07) is 5.26. The Kier molecular flexibility index (Phi) is 6.11. The van der Waals surface area contributed by atoms with Crippen molar-refractivity contribution in [1.82, 2.24) is 14.4 Å². The average molecular weight is 485 g/mol. The quantitative estimate of drug-likeness (QED) is 0.588. The van der Waals surface area contributed by atoms with Gasteiger partial charge >= 0.3 is 0 Å². The van der Waals surface area contributed by atoms with Crippen molar-refractivity contribution < 1.29 is 22.1 Å². The van der Waals surface area contributed by atoms with E-state index in [-0.39, 0.29) is 34.1 Å². The molecule has 3 heterocycles. The van der Waals surface area contributed by atoms with Crippen molar-refractivity contribution in [3.05, 3.63) is 46.4 Å². The summed E-state index contributed by atoms with van der Waals surface area (Å²) in [5, 5.41) is 8.28. The third-order valence-electron chi connectivity index (χ3n) is 4.97. The van der Waals surface area contributed by atoms with Gasteiger partial charge < -0.3 is 9.84 Å². The number of anilines is 1. The maximum atomic E-state index is 13.2. The topological polar surface area (TPSA) is 105 Å². The Morgan fingerprint density at radius 3 is 2.71 bits per heavy atom. The van der Waals surface area contributed by atoms with Gasteiger partial charge in [0.15, 0.2) is 0 Å². The highest BCUT2D eigenvalue weighted by atomic mass is 35.5. The number of nitrogens with one attached hydrogen (secondary N) is 1. The molecule has 31 heavy (non-hydrogen) atoms. The molecule has 1 aromatic carbocycles. The first-order valence-electron chi connectivity index (χ1n) is 9.39. The van der Waals surface area contributed by atoms with Crippen LogP contribution in [0.2, 0.25) is 5.02 Å².